The van der Waals surface area contributed by atoms with Gasteiger partial charge in [-0.25, -0.2) is 4.98 Å². The van der Waals surface area contributed by atoms with Gasteiger partial charge in [0.2, 0.25) is 5.91 Å². The average molecular weight is 516 g/mol. The highest BCUT2D eigenvalue weighted by Crippen LogP contribution is 2.38. The van der Waals surface area contributed by atoms with Crippen molar-refractivity contribution in [1.82, 2.24) is 15.2 Å². The number of benzene rings is 2. The Kier molecular flexibility index (Phi) is 7.37. The third-order valence-corrected chi connectivity index (χ3v) is 7.30. The summed E-state index contributed by atoms with van der Waals surface area (Å²) in [6.45, 7) is 5.23. The van der Waals surface area contributed by atoms with Crippen molar-refractivity contribution in [2.75, 3.05) is 6.54 Å². The van der Waals surface area contributed by atoms with E-state index in [0.717, 1.165) is 23.1 Å². The molecule has 0 radical (unpaired) electrons. The normalized spacial score (nSPS) is 14.8. The highest BCUT2D eigenvalue weighted by atomic mass is 32.1. The summed E-state index contributed by atoms with van der Waals surface area (Å²) in [6.07, 6.45) is 2.85. The van der Waals surface area contributed by atoms with Crippen LogP contribution in [0.4, 0.5) is 0 Å². The smallest absolute Gasteiger partial charge is 0.271 e. The minimum atomic E-state index is -0.255. The first-order chi connectivity index (χ1) is 18.0. The molecule has 1 atom stereocenters. The number of furan rings is 1. The van der Waals surface area contributed by atoms with Gasteiger partial charge in [0, 0.05) is 18.3 Å². The molecular weight excluding hydrogens is 486 g/mol. The molecule has 1 unspecified atom stereocenters. The number of nitrogens with one attached hydrogen (secondary N) is 1. The number of nitrogens with zero attached hydrogens (tertiary/aromatic N) is 2. The van der Waals surface area contributed by atoms with Crippen LogP contribution < -0.4 is 10.1 Å². The first-order valence-corrected chi connectivity index (χ1v) is 13.3. The van der Waals surface area contributed by atoms with Gasteiger partial charge in [0.1, 0.15) is 28.8 Å². The summed E-state index contributed by atoms with van der Waals surface area (Å²) in [5.74, 6) is 1.28. The second-order valence-electron chi connectivity index (χ2n) is 9.05. The molecule has 190 valence electrons. The van der Waals surface area contributed by atoms with Gasteiger partial charge in [0.05, 0.1) is 18.8 Å². The Morgan fingerprint density at radius 2 is 2.08 bits per heavy atom. The Hall–Kier alpha value is -3.91. The van der Waals surface area contributed by atoms with Crippen molar-refractivity contribution < 1.29 is 18.7 Å². The summed E-state index contributed by atoms with van der Waals surface area (Å²) >= 11 is 1.38. The van der Waals surface area contributed by atoms with Gasteiger partial charge in [-0.3, -0.25) is 9.59 Å². The van der Waals surface area contributed by atoms with E-state index in [1.165, 1.54) is 16.9 Å². The fraction of sp³-hybridized carbons (Fsp3) is 0.276. The molecule has 1 aliphatic heterocycles. The molecule has 37 heavy (non-hydrogen) atoms. The molecule has 3 heterocycles. The van der Waals surface area contributed by atoms with E-state index in [4.69, 9.17) is 9.15 Å². The maximum Gasteiger partial charge on any atom is 0.271 e. The predicted octanol–water partition coefficient (Wildman–Crippen LogP) is 5.44. The fourth-order valence-electron chi connectivity index (χ4n) is 4.65. The molecule has 0 spiro atoms. The van der Waals surface area contributed by atoms with Crippen LogP contribution in [0.5, 0.6) is 5.75 Å². The van der Waals surface area contributed by atoms with Crippen LogP contribution in [-0.4, -0.2) is 28.2 Å². The molecule has 0 saturated carbocycles. The molecule has 5 rings (SSSR count). The van der Waals surface area contributed by atoms with Crippen molar-refractivity contribution in [1.29, 1.82) is 0 Å². The standard InChI is InChI=1S/C29H29N3O4S/c1-3-27(33)32-12-11-20-9-10-22(15-24(20)28(32)21-7-4-6-19(2)14-21)36-17-26-31-25(18-37-26)29(34)30-16-23-8-5-13-35-23/h4-10,13-15,18,28H,3,11-12,16-17H2,1-2H3,(H,30,34). The molecule has 1 N–H and O–H groups in total. The number of fused-ring (bicyclic) bond motifs is 1. The largest absolute Gasteiger partial charge is 0.486 e. The number of aryl methyl sites for hydroxylation is 1. The molecule has 1 aliphatic rings. The van der Waals surface area contributed by atoms with Gasteiger partial charge in [-0.2, -0.15) is 0 Å². The van der Waals surface area contributed by atoms with Crippen LogP contribution in [0.15, 0.2) is 70.7 Å². The number of carbonyl (C=O) groups is 2. The van der Waals surface area contributed by atoms with Crippen LogP contribution in [0.1, 0.15) is 62.9 Å². The lowest BCUT2D eigenvalue weighted by atomic mass is 9.87. The van der Waals surface area contributed by atoms with Gasteiger partial charge in [0.15, 0.2) is 0 Å². The van der Waals surface area contributed by atoms with Gasteiger partial charge in [0.25, 0.3) is 5.91 Å². The summed E-state index contributed by atoms with van der Waals surface area (Å²) < 4.78 is 11.3. The molecule has 0 saturated heterocycles. The molecule has 2 aromatic heterocycles. The minimum Gasteiger partial charge on any atom is -0.486 e. The lowest BCUT2D eigenvalue weighted by molar-refractivity contribution is -0.132. The molecule has 0 bridgehead atoms. The lowest BCUT2D eigenvalue weighted by Crippen LogP contribution is -2.40. The highest BCUT2D eigenvalue weighted by Gasteiger charge is 2.31. The molecule has 4 aromatic rings. The van der Waals surface area contributed by atoms with Crippen molar-refractivity contribution >= 4 is 23.2 Å². The Morgan fingerprint density at radius 1 is 1.19 bits per heavy atom. The summed E-state index contributed by atoms with van der Waals surface area (Å²) in [5, 5.41) is 5.24. The number of rotatable bonds is 8. The summed E-state index contributed by atoms with van der Waals surface area (Å²) in [5.41, 5.74) is 4.93. The maximum absolute atomic E-state index is 12.9. The predicted molar refractivity (Wildman–Crippen MR) is 141 cm³/mol. The number of carbonyl (C=O) groups excluding carboxylic acids is 2. The molecule has 0 fully saturated rings. The van der Waals surface area contributed by atoms with E-state index in [0.29, 0.717) is 41.7 Å². The third-order valence-electron chi connectivity index (χ3n) is 6.48. The number of thiazole rings is 1. The minimum absolute atomic E-state index is 0.143. The first-order valence-electron chi connectivity index (χ1n) is 12.4. The molecule has 2 amide bonds. The Labute approximate surface area is 220 Å². The van der Waals surface area contributed by atoms with Crippen LogP contribution in [-0.2, 0) is 24.4 Å². The Bertz CT molecular complexity index is 1400. The summed E-state index contributed by atoms with van der Waals surface area (Å²) in [6, 6.07) is 17.9. The Morgan fingerprint density at radius 3 is 2.86 bits per heavy atom. The topological polar surface area (TPSA) is 84.7 Å². The van der Waals surface area contributed by atoms with Crippen LogP contribution >= 0.6 is 11.3 Å². The van der Waals surface area contributed by atoms with E-state index in [-0.39, 0.29) is 24.5 Å². The van der Waals surface area contributed by atoms with Crippen molar-refractivity contribution in [2.24, 2.45) is 0 Å². The van der Waals surface area contributed by atoms with E-state index in [1.54, 1.807) is 23.8 Å². The number of aromatic nitrogens is 1. The van der Waals surface area contributed by atoms with E-state index < -0.39 is 0 Å². The van der Waals surface area contributed by atoms with Crippen molar-refractivity contribution in [3.8, 4) is 5.75 Å². The zero-order valence-electron chi connectivity index (χ0n) is 20.9. The lowest BCUT2D eigenvalue weighted by Gasteiger charge is -2.38. The van der Waals surface area contributed by atoms with E-state index in [1.807, 2.05) is 30.0 Å². The quantitative estimate of drug-likeness (QED) is 0.338. The number of hydrogen-bond donors (Lipinski definition) is 1. The van der Waals surface area contributed by atoms with Crippen LogP contribution in [0.25, 0.3) is 0 Å². The summed E-state index contributed by atoms with van der Waals surface area (Å²) in [4.78, 5) is 31.7. The summed E-state index contributed by atoms with van der Waals surface area (Å²) in [7, 11) is 0. The molecule has 7 nitrogen and oxygen atoms in total. The second-order valence-corrected chi connectivity index (χ2v) is 9.99. The average Bonchev–Trinajstić information content (AvgIpc) is 3.62. The van der Waals surface area contributed by atoms with Gasteiger partial charge in [-0.1, -0.05) is 42.8 Å². The fourth-order valence-corrected chi connectivity index (χ4v) is 5.34. The van der Waals surface area contributed by atoms with Crippen LogP contribution in [0.2, 0.25) is 0 Å². The van der Waals surface area contributed by atoms with Gasteiger partial charge in [-0.15, -0.1) is 11.3 Å². The molecular formula is C29H29N3O4S. The maximum atomic E-state index is 12.9. The van der Waals surface area contributed by atoms with Crippen LogP contribution in [0, 0.1) is 6.92 Å². The molecule has 0 aliphatic carbocycles. The number of ether oxygens (including phenoxy) is 1. The number of amides is 2. The third kappa shape index (κ3) is 5.59. The zero-order valence-corrected chi connectivity index (χ0v) is 21.7. The van der Waals surface area contributed by atoms with Crippen molar-refractivity contribution in [3.63, 3.8) is 0 Å². The SMILES string of the molecule is CCC(=O)N1CCc2ccc(OCc3nc(C(=O)NCc4ccco4)cs3)cc2C1c1cccc(C)c1. The van der Waals surface area contributed by atoms with Crippen molar-refractivity contribution in [3.05, 3.63) is 105 Å². The molecule has 2 aromatic carbocycles. The first kappa shape index (κ1) is 24.8. The van der Waals surface area contributed by atoms with Gasteiger partial charge < -0.3 is 19.4 Å². The Balaban J connectivity index is 1.31. The van der Waals surface area contributed by atoms with E-state index >= 15 is 0 Å². The van der Waals surface area contributed by atoms with Crippen molar-refractivity contribution in [2.45, 2.75) is 45.9 Å². The number of hydrogen-bond acceptors (Lipinski definition) is 6. The zero-order chi connectivity index (χ0) is 25.8. The van der Waals surface area contributed by atoms with E-state index in [2.05, 4.69) is 41.5 Å². The monoisotopic (exact) mass is 515 g/mol. The highest BCUT2D eigenvalue weighted by molar-refractivity contribution is 7.09. The second kappa shape index (κ2) is 11.0. The van der Waals surface area contributed by atoms with E-state index in [9.17, 15) is 9.59 Å². The van der Waals surface area contributed by atoms with Crippen LogP contribution in [0.3, 0.4) is 0 Å². The van der Waals surface area contributed by atoms with Gasteiger partial charge in [-0.05, 0) is 54.3 Å². The molecule has 8 heteroatoms. The van der Waals surface area contributed by atoms with Gasteiger partial charge >= 0.3 is 0 Å².